The predicted octanol–water partition coefficient (Wildman–Crippen LogP) is 13.4. The first-order valence-electron chi connectivity index (χ1n) is 23.1. The van der Waals surface area contributed by atoms with E-state index in [0.29, 0.717) is 6.42 Å². The highest BCUT2D eigenvalue weighted by Gasteiger charge is 2.20. The van der Waals surface area contributed by atoms with Crippen LogP contribution in [0.2, 0.25) is 0 Å². The Labute approximate surface area is 324 Å². The smallest absolute Gasteiger partial charge is 0.222 e. The summed E-state index contributed by atoms with van der Waals surface area (Å²) in [6.07, 6.45) is 51.9. The van der Waals surface area contributed by atoms with Crippen molar-refractivity contribution in [3.05, 3.63) is 24.3 Å². The average Bonchev–Trinajstić information content (AvgIpc) is 3.14. The highest BCUT2D eigenvalue weighted by atomic mass is 16.3. The number of allylic oxidation sites excluding steroid dienone is 3. The second-order valence-electron chi connectivity index (χ2n) is 16.0. The third-order valence-corrected chi connectivity index (χ3v) is 10.7. The topological polar surface area (TPSA) is 89.8 Å². The Balaban J connectivity index is 3.60. The summed E-state index contributed by atoms with van der Waals surface area (Å²) in [6.45, 7) is 4.22. The van der Waals surface area contributed by atoms with Crippen molar-refractivity contribution in [2.45, 2.75) is 263 Å². The molecule has 0 aliphatic rings. The fourth-order valence-corrected chi connectivity index (χ4v) is 7.16. The molecule has 0 aromatic rings. The molecule has 1 amide bonds. The van der Waals surface area contributed by atoms with E-state index in [4.69, 9.17) is 0 Å². The molecule has 0 bridgehead atoms. The molecule has 0 radical (unpaired) electrons. The van der Waals surface area contributed by atoms with E-state index in [-0.39, 0.29) is 18.9 Å². The summed E-state index contributed by atoms with van der Waals surface area (Å²) in [4.78, 5) is 12.4. The number of unbranched alkanes of at least 4 members (excludes halogenated alkanes) is 31. The third kappa shape index (κ3) is 38.6. The van der Waals surface area contributed by atoms with Crippen molar-refractivity contribution in [3.8, 4) is 0 Å². The van der Waals surface area contributed by atoms with E-state index in [1.807, 2.05) is 6.08 Å². The van der Waals surface area contributed by atoms with Crippen LogP contribution in [0.1, 0.15) is 245 Å². The Hall–Kier alpha value is -1.17. The van der Waals surface area contributed by atoms with Gasteiger partial charge >= 0.3 is 0 Å². The number of nitrogens with one attached hydrogen (secondary N) is 1. The van der Waals surface area contributed by atoms with Crippen LogP contribution in [0.3, 0.4) is 0 Å². The zero-order valence-electron chi connectivity index (χ0n) is 35.0. The van der Waals surface area contributed by atoms with Crippen molar-refractivity contribution in [1.82, 2.24) is 5.32 Å². The molecule has 4 N–H and O–H groups in total. The van der Waals surface area contributed by atoms with E-state index in [9.17, 15) is 20.1 Å². The molecule has 308 valence electrons. The van der Waals surface area contributed by atoms with Crippen molar-refractivity contribution in [2.24, 2.45) is 0 Å². The van der Waals surface area contributed by atoms with Crippen molar-refractivity contribution in [3.63, 3.8) is 0 Å². The maximum absolute atomic E-state index is 12.4. The lowest BCUT2D eigenvalue weighted by atomic mass is 10.0. The van der Waals surface area contributed by atoms with Crippen LogP contribution < -0.4 is 5.32 Å². The fourth-order valence-electron chi connectivity index (χ4n) is 7.16. The van der Waals surface area contributed by atoms with Crippen LogP contribution in [-0.4, -0.2) is 46.1 Å². The maximum atomic E-state index is 12.4. The van der Waals surface area contributed by atoms with Gasteiger partial charge in [0, 0.05) is 0 Å². The van der Waals surface area contributed by atoms with E-state index >= 15 is 0 Å². The zero-order valence-corrected chi connectivity index (χ0v) is 35.0. The lowest BCUT2D eigenvalue weighted by Gasteiger charge is -2.21. The number of rotatable bonds is 42. The first kappa shape index (κ1) is 50.8. The average molecular weight is 734 g/mol. The van der Waals surface area contributed by atoms with Gasteiger partial charge in [-0.3, -0.25) is 4.79 Å². The van der Waals surface area contributed by atoms with Gasteiger partial charge in [0.05, 0.1) is 31.3 Å². The molecule has 5 nitrogen and oxygen atoms in total. The van der Waals surface area contributed by atoms with Crippen LogP contribution in [0.5, 0.6) is 0 Å². The fraction of sp³-hybridized carbons (Fsp3) is 0.894. The van der Waals surface area contributed by atoms with Gasteiger partial charge in [0.2, 0.25) is 5.91 Å². The summed E-state index contributed by atoms with van der Waals surface area (Å²) < 4.78 is 0. The van der Waals surface area contributed by atoms with Crippen molar-refractivity contribution < 1.29 is 20.1 Å². The van der Waals surface area contributed by atoms with Crippen LogP contribution in [0, 0.1) is 0 Å². The Morgan fingerprint density at radius 2 is 0.808 bits per heavy atom. The van der Waals surface area contributed by atoms with Gasteiger partial charge in [0.1, 0.15) is 0 Å². The van der Waals surface area contributed by atoms with Gasteiger partial charge in [-0.1, -0.05) is 218 Å². The van der Waals surface area contributed by atoms with E-state index < -0.39 is 18.2 Å². The minimum Gasteiger partial charge on any atom is -0.394 e. The van der Waals surface area contributed by atoms with Gasteiger partial charge in [0.15, 0.2) is 0 Å². The van der Waals surface area contributed by atoms with E-state index in [1.165, 1.54) is 193 Å². The highest BCUT2D eigenvalue weighted by Crippen LogP contribution is 2.16. The number of hydrogen-bond acceptors (Lipinski definition) is 4. The van der Waals surface area contributed by atoms with Crippen LogP contribution in [0.25, 0.3) is 0 Å². The van der Waals surface area contributed by atoms with Gasteiger partial charge in [0.25, 0.3) is 0 Å². The summed E-state index contributed by atoms with van der Waals surface area (Å²) in [5, 5.41) is 33.2. The van der Waals surface area contributed by atoms with Crippen LogP contribution in [0.15, 0.2) is 24.3 Å². The molecule has 0 saturated heterocycles. The first-order valence-corrected chi connectivity index (χ1v) is 23.1. The second kappa shape index (κ2) is 42.6. The van der Waals surface area contributed by atoms with Crippen molar-refractivity contribution in [1.29, 1.82) is 0 Å². The van der Waals surface area contributed by atoms with Crippen LogP contribution in [-0.2, 0) is 4.79 Å². The molecule has 3 unspecified atom stereocenters. The first-order chi connectivity index (χ1) is 25.5. The quantitative estimate of drug-likeness (QED) is 0.0371. The van der Waals surface area contributed by atoms with Gasteiger partial charge in [-0.2, -0.15) is 0 Å². The summed E-state index contributed by atoms with van der Waals surface area (Å²) in [6, 6.07) is -0.742. The lowest BCUT2D eigenvalue weighted by Crippen LogP contribution is -2.45. The minimum absolute atomic E-state index is 0.0134. The molecule has 52 heavy (non-hydrogen) atoms. The van der Waals surface area contributed by atoms with Crippen LogP contribution in [0.4, 0.5) is 0 Å². The Morgan fingerprint density at radius 3 is 1.17 bits per heavy atom. The summed E-state index contributed by atoms with van der Waals surface area (Å²) >= 11 is 0. The standard InChI is InChI=1S/C47H91NO4/c1-3-5-7-9-11-13-15-17-18-19-20-21-22-23-24-25-26-27-29-30-32-34-36-38-40-44(50)42-47(52)48-45(43-49)46(51)41-39-37-35-33-31-28-16-14-12-10-8-6-4-2/h23-24,39,41,44-46,49-51H,3-22,25-38,40,42-43H2,1-2H3,(H,48,52)/b24-23-,41-39+. The summed E-state index contributed by atoms with van der Waals surface area (Å²) in [7, 11) is 0. The molecule has 0 aromatic heterocycles. The van der Waals surface area contributed by atoms with Gasteiger partial charge in [-0.15, -0.1) is 0 Å². The monoisotopic (exact) mass is 734 g/mol. The van der Waals surface area contributed by atoms with Crippen molar-refractivity contribution in [2.75, 3.05) is 6.61 Å². The number of carbonyl (C=O) groups is 1. The molecule has 0 aromatic carbocycles. The van der Waals surface area contributed by atoms with Gasteiger partial charge < -0.3 is 20.6 Å². The largest absolute Gasteiger partial charge is 0.394 e. The Bertz CT molecular complexity index is 768. The normalized spacial score (nSPS) is 13.7. The summed E-state index contributed by atoms with van der Waals surface area (Å²) in [5.41, 5.74) is 0. The molecule has 0 heterocycles. The maximum Gasteiger partial charge on any atom is 0.222 e. The molecular formula is C47H91NO4. The lowest BCUT2D eigenvalue weighted by molar-refractivity contribution is -0.124. The number of amides is 1. The molecule has 0 spiro atoms. The molecule has 3 atom stereocenters. The zero-order chi connectivity index (χ0) is 38.0. The molecule has 0 aliphatic carbocycles. The number of hydrogen-bond donors (Lipinski definition) is 4. The SMILES string of the molecule is CCCCCCCCCCCCC/C=C/C(O)C(CO)NC(=O)CC(O)CCCCCCCCCC/C=C\CCCCCCCCCCCCCC. The number of aliphatic hydroxyl groups excluding tert-OH is 3. The third-order valence-electron chi connectivity index (χ3n) is 10.7. The van der Waals surface area contributed by atoms with E-state index in [1.54, 1.807) is 6.08 Å². The second-order valence-corrected chi connectivity index (χ2v) is 16.0. The molecule has 5 heteroatoms. The number of carbonyl (C=O) groups excluding carboxylic acids is 1. The van der Waals surface area contributed by atoms with E-state index in [2.05, 4.69) is 31.3 Å². The van der Waals surface area contributed by atoms with Crippen LogP contribution >= 0.6 is 0 Å². The number of aliphatic hydroxyl groups is 3. The van der Waals surface area contributed by atoms with Gasteiger partial charge in [-0.05, 0) is 44.9 Å². The van der Waals surface area contributed by atoms with E-state index in [0.717, 1.165) is 25.7 Å². The highest BCUT2D eigenvalue weighted by molar-refractivity contribution is 5.76. The molecule has 0 aliphatic heterocycles. The predicted molar refractivity (Wildman–Crippen MR) is 227 cm³/mol. The molecule has 0 saturated carbocycles. The molecule has 0 rings (SSSR count). The molecule has 0 fully saturated rings. The Morgan fingerprint density at radius 1 is 0.481 bits per heavy atom. The Kier molecular flexibility index (Phi) is 41.6. The minimum atomic E-state index is -0.927. The molecular weight excluding hydrogens is 643 g/mol. The summed E-state index contributed by atoms with van der Waals surface area (Å²) in [5.74, 6) is -0.316. The van der Waals surface area contributed by atoms with Gasteiger partial charge in [-0.25, -0.2) is 0 Å². The van der Waals surface area contributed by atoms with Crippen molar-refractivity contribution >= 4 is 5.91 Å².